The molecule has 0 bridgehead atoms. The highest BCUT2D eigenvalue weighted by atomic mass is 16.5. The summed E-state index contributed by atoms with van der Waals surface area (Å²) in [7, 11) is 3.17. The van der Waals surface area contributed by atoms with Crippen molar-refractivity contribution < 1.29 is 19.0 Å². The van der Waals surface area contributed by atoms with Crippen molar-refractivity contribution in [2.24, 2.45) is 0 Å². The van der Waals surface area contributed by atoms with Gasteiger partial charge in [0.1, 0.15) is 11.5 Å². The Morgan fingerprint density at radius 1 is 1.14 bits per heavy atom. The molecule has 1 fully saturated rings. The second kappa shape index (κ2) is 9.86. The number of methoxy groups -OCH3 is 2. The first-order chi connectivity index (χ1) is 13.7. The number of nitrogens with zero attached hydrogens (tertiary/aromatic N) is 3. The Kier molecular flexibility index (Phi) is 6.99. The molecule has 0 unspecified atom stereocenters. The fraction of sp³-hybridized carbons (Fsp3) is 0.421. The van der Waals surface area contributed by atoms with Crippen LogP contribution in [0.3, 0.4) is 0 Å². The Morgan fingerprint density at radius 2 is 1.96 bits per heavy atom. The molecule has 1 amide bonds. The number of amides is 1. The molecule has 3 rings (SSSR count). The van der Waals surface area contributed by atoms with Crippen molar-refractivity contribution >= 4 is 17.4 Å². The minimum atomic E-state index is -0.241. The van der Waals surface area contributed by atoms with E-state index in [0.29, 0.717) is 23.9 Å². The van der Waals surface area contributed by atoms with Crippen LogP contribution in [-0.2, 0) is 4.74 Å². The number of anilines is 2. The van der Waals surface area contributed by atoms with Crippen molar-refractivity contribution in [2.45, 2.75) is 0 Å². The third-order valence-electron chi connectivity index (χ3n) is 4.39. The SMILES string of the molecule is COc1ccc(Nc2ccc(C(=O)NCCN3CCOCC3)nn2)c(OC)c1. The number of carbonyl (C=O) groups is 1. The Hall–Kier alpha value is -2.91. The Labute approximate surface area is 164 Å². The van der Waals surface area contributed by atoms with Crippen LogP contribution in [0, 0.1) is 0 Å². The normalized spacial score (nSPS) is 14.4. The molecule has 1 aromatic carbocycles. The second-order valence-corrected chi connectivity index (χ2v) is 6.20. The van der Waals surface area contributed by atoms with Crippen LogP contribution in [-0.4, -0.2) is 74.6 Å². The van der Waals surface area contributed by atoms with E-state index in [1.807, 2.05) is 12.1 Å². The summed E-state index contributed by atoms with van der Waals surface area (Å²) >= 11 is 0. The number of rotatable bonds is 8. The summed E-state index contributed by atoms with van der Waals surface area (Å²) in [5.41, 5.74) is 0.995. The van der Waals surface area contributed by atoms with Gasteiger partial charge in [0, 0.05) is 32.2 Å². The minimum absolute atomic E-state index is 0.241. The third kappa shape index (κ3) is 5.30. The topological polar surface area (TPSA) is 97.8 Å². The molecule has 0 aliphatic carbocycles. The second-order valence-electron chi connectivity index (χ2n) is 6.20. The van der Waals surface area contributed by atoms with Gasteiger partial charge in [0.05, 0.1) is 33.1 Å². The van der Waals surface area contributed by atoms with Crippen molar-refractivity contribution in [1.29, 1.82) is 0 Å². The smallest absolute Gasteiger partial charge is 0.271 e. The molecule has 2 heterocycles. The van der Waals surface area contributed by atoms with E-state index in [2.05, 4.69) is 25.7 Å². The van der Waals surface area contributed by atoms with Crippen LogP contribution in [0.4, 0.5) is 11.5 Å². The van der Waals surface area contributed by atoms with Crippen LogP contribution in [0.15, 0.2) is 30.3 Å². The molecule has 1 saturated heterocycles. The van der Waals surface area contributed by atoms with E-state index in [4.69, 9.17) is 14.2 Å². The van der Waals surface area contributed by atoms with Crippen molar-refractivity contribution in [3.8, 4) is 11.5 Å². The van der Waals surface area contributed by atoms with Gasteiger partial charge in [-0.1, -0.05) is 0 Å². The first-order valence-corrected chi connectivity index (χ1v) is 9.10. The molecule has 9 heteroatoms. The zero-order chi connectivity index (χ0) is 19.8. The molecule has 1 aliphatic rings. The number of morpholine rings is 1. The lowest BCUT2D eigenvalue weighted by Gasteiger charge is -2.26. The highest BCUT2D eigenvalue weighted by molar-refractivity contribution is 5.92. The molecule has 28 heavy (non-hydrogen) atoms. The molecule has 0 radical (unpaired) electrons. The first kappa shape index (κ1) is 19.8. The van der Waals surface area contributed by atoms with Crippen LogP contribution in [0.5, 0.6) is 11.5 Å². The summed E-state index contributed by atoms with van der Waals surface area (Å²) < 4.78 is 15.8. The van der Waals surface area contributed by atoms with Gasteiger partial charge in [0.15, 0.2) is 11.5 Å². The molecular formula is C19H25N5O4. The Morgan fingerprint density at radius 3 is 2.64 bits per heavy atom. The molecule has 0 atom stereocenters. The van der Waals surface area contributed by atoms with Gasteiger partial charge < -0.3 is 24.8 Å². The van der Waals surface area contributed by atoms with E-state index in [9.17, 15) is 4.79 Å². The van der Waals surface area contributed by atoms with Crippen LogP contribution in [0.2, 0.25) is 0 Å². The summed E-state index contributed by atoms with van der Waals surface area (Å²) in [6.45, 7) is 4.62. The lowest BCUT2D eigenvalue weighted by molar-refractivity contribution is 0.0383. The maximum Gasteiger partial charge on any atom is 0.271 e. The van der Waals surface area contributed by atoms with Crippen molar-refractivity contribution in [3.63, 3.8) is 0 Å². The fourth-order valence-electron chi connectivity index (χ4n) is 2.80. The summed E-state index contributed by atoms with van der Waals surface area (Å²) in [5.74, 6) is 1.58. The quantitative estimate of drug-likeness (QED) is 0.700. The van der Waals surface area contributed by atoms with Gasteiger partial charge in [-0.3, -0.25) is 9.69 Å². The average molecular weight is 387 g/mol. The molecule has 9 nitrogen and oxygen atoms in total. The summed E-state index contributed by atoms with van der Waals surface area (Å²) in [6, 6.07) is 8.75. The van der Waals surface area contributed by atoms with Gasteiger partial charge in [-0.25, -0.2) is 0 Å². The lowest BCUT2D eigenvalue weighted by atomic mass is 10.2. The van der Waals surface area contributed by atoms with E-state index in [1.165, 1.54) is 0 Å². The fourth-order valence-corrected chi connectivity index (χ4v) is 2.80. The molecule has 1 aliphatic heterocycles. The van der Waals surface area contributed by atoms with Gasteiger partial charge in [-0.15, -0.1) is 10.2 Å². The van der Waals surface area contributed by atoms with Gasteiger partial charge in [-0.05, 0) is 24.3 Å². The molecular weight excluding hydrogens is 362 g/mol. The van der Waals surface area contributed by atoms with Crippen LogP contribution < -0.4 is 20.1 Å². The van der Waals surface area contributed by atoms with Crippen LogP contribution >= 0.6 is 0 Å². The average Bonchev–Trinajstić information content (AvgIpc) is 2.75. The zero-order valence-corrected chi connectivity index (χ0v) is 16.1. The van der Waals surface area contributed by atoms with Crippen molar-refractivity contribution in [3.05, 3.63) is 36.0 Å². The van der Waals surface area contributed by atoms with E-state index in [1.54, 1.807) is 32.4 Å². The highest BCUT2D eigenvalue weighted by Crippen LogP contribution is 2.30. The molecule has 1 aromatic heterocycles. The number of benzene rings is 1. The number of hydrogen-bond acceptors (Lipinski definition) is 8. The monoisotopic (exact) mass is 387 g/mol. The number of nitrogens with one attached hydrogen (secondary N) is 2. The molecule has 0 saturated carbocycles. The predicted molar refractivity (Wildman–Crippen MR) is 104 cm³/mol. The molecule has 150 valence electrons. The van der Waals surface area contributed by atoms with E-state index in [0.717, 1.165) is 38.5 Å². The van der Waals surface area contributed by atoms with Gasteiger partial charge >= 0.3 is 0 Å². The number of carbonyl (C=O) groups excluding carboxylic acids is 1. The van der Waals surface area contributed by atoms with Gasteiger partial charge in [0.2, 0.25) is 0 Å². The standard InChI is InChI=1S/C19H25N5O4/c1-26-14-3-4-15(17(13-14)27-2)21-18-6-5-16(22-23-18)19(25)20-7-8-24-9-11-28-12-10-24/h3-6,13H,7-12H2,1-2H3,(H,20,25)(H,21,23). The first-order valence-electron chi connectivity index (χ1n) is 9.10. The Balaban J connectivity index is 1.53. The maximum atomic E-state index is 12.2. The van der Waals surface area contributed by atoms with Crippen LogP contribution in [0.1, 0.15) is 10.5 Å². The van der Waals surface area contributed by atoms with Gasteiger partial charge in [0.25, 0.3) is 5.91 Å². The van der Waals surface area contributed by atoms with Crippen molar-refractivity contribution in [2.75, 3.05) is 58.9 Å². The molecule has 2 N–H and O–H groups in total. The van der Waals surface area contributed by atoms with Crippen molar-refractivity contribution in [1.82, 2.24) is 20.4 Å². The minimum Gasteiger partial charge on any atom is -0.497 e. The van der Waals surface area contributed by atoms with E-state index >= 15 is 0 Å². The number of aromatic nitrogens is 2. The summed E-state index contributed by atoms with van der Waals surface area (Å²) in [5, 5.41) is 14.1. The summed E-state index contributed by atoms with van der Waals surface area (Å²) in [6.07, 6.45) is 0. The van der Waals surface area contributed by atoms with E-state index in [-0.39, 0.29) is 11.6 Å². The largest absolute Gasteiger partial charge is 0.497 e. The van der Waals surface area contributed by atoms with Crippen LogP contribution in [0.25, 0.3) is 0 Å². The third-order valence-corrected chi connectivity index (χ3v) is 4.39. The highest BCUT2D eigenvalue weighted by Gasteiger charge is 2.12. The summed E-state index contributed by atoms with van der Waals surface area (Å²) in [4.78, 5) is 14.5. The zero-order valence-electron chi connectivity index (χ0n) is 16.1. The maximum absolute atomic E-state index is 12.2. The molecule has 0 spiro atoms. The lowest BCUT2D eigenvalue weighted by Crippen LogP contribution is -2.41. The Bertz CT molecular complexity index is 778. The molecule has 2 aromatic rings. The predicted octanol–water partition coefficient (Wildman–Crippen LogP) is 1.30. The number of ether oxygens (including phenoxy) is 3. The number of hydrogen-bond donors (Lipinski definition) is 2. The van der Waals surface area contributed by atoms with E-state index < -0.39 is 0 Å². The van der Waals surface area contributed by atoms with Gasteiger partial charge in [-0.2, -0.15) is 0 Å².